The summed E-state index contributed by atoms with van der Waals surface area (Å²) >= 11 is 0. The number of carbonyl (C=O) groups excluding carboxylic acids is 1. The molecule has 5 heteroatoms. The highest BCUT2D eigenvalue weighted by Crippen LogP contribution is 2.26. The highest BCUT2D eigenvalue weighted by atomic mass is 19.1. The van der Waals surface area contributed by atoms with Crippen LogP contribution in [-0.2, 0) is 4.79 Å². The topological polar surface area (TPSA) is 58.4 Å². The van der Waals surface area contributed by atoms with Gasteiger partial charge in [0.05, 0.1) is 11.1 Å². The Bertz CT molecular complexity index is 498. The van der Waals surface area contributed by atoms with Gasteiger partial charge in [-0.1, -0.05) is 6.92 Å². The van der Waals surface area contributed by atoms with E-state index in [4.69, 9.17) is 5.73 Å². The molecule has 3 N–H and O–H groups in total. The molecule has 0 saturated heterocycles. The number of halogens is 1. The maximum atomic E-state index is 14.2. The predicted molar refractivity (Wildman–Crippen MR) is 86.0 cm³/mol. The largest absolute Gasteiger partial charge is 0.370 e. The summed E-state index contributed by atoms with van der Waals surface area (Å²) < 4.78 is 14.2. The molecule has 4 nitrogen and oxygen atoms in total. The summed E-state index contributed by atoms with van der Waals surface area (Å²) in [6.07, 6.45) is 0.631. The van der Waals surface area contributed by atoms with Crippen LogP contribution in [-0.4, -0.2) is 25.5 Å². The third kappa shape index (κ3) is 3.94. The van der Waals surface area contributed by atoms with E-state index >= 15 is 0 Å². The minimum Gasteiger partial charge on any atom is -0.370 e. The van der Waals surface area contributed by atoms with Crippen molar-refractivity contribution in [3.63, 3.8) is 0 Å². The van der Waals surface area contributed by atoms with Crippen molar-refractivity contribution in [3.8, 4) is 0 Å². The molecule has 0 aliphatic rings. The Balaban J connectivity index is 2.93. The molecule has 0 heterocycles. The average Bonchev–Trinajstić information content (AvgIpc) is 2.45. The Morgan fingerprint density at radius 2 is 2.10 bits per heavy atom. The summed E-state index contributed by atoms with van der Waals surface area (Å²) in [4.78, 5) is 14.1. The SMILES string of the molecule is CCC(C)(CN)C(=O)Nc1ccc(N(C)C(C)C)c(F)c1. The molecule has 0 aromatic heterocycles. The van der Waals surface area contributed by atoms with Gasteiger partial charge in [-0.2, -0.15) is 0 Å². The van der Waals surface area contributed by atoms with E-state index in [0.29, 0.717) is 17.8 Å². The minimum absolute atomic E-state index is 0.183. The van der Waals surface area contributed by atoms with Gasteiger partial charge in [0.15, 0.2) is 0 Å². The molecule has 1 atom stereocenters. The molecule has 1 aromatic carbocycles. The maximum Gasteiger partial charge on any atom is 0.231 e. The van der Waals surface area contributed by atoms with E-state index in [9.17, 15) is 9.18 Å². The van der Waals surface area contributed by atoms with Crippen molar-refractivity contribution in [2.45, 2.75) is 40.2 Å². The van der Waals surface area contributed by atoms with Crippen molar-refractivity contribution in [3.05, 3.63) is 24.0 Å². The lowest BCUT2D eigenvalue weighted by Gasteiger charge is -2.26. The minimum atomic E-state index is -0.635. The summed E-state index contributed by atoms with van der Waals surface area (Å²) in [7, 11) is 1.84. The lowest BCUT2D eigenvalue weighted by atomic mass is 9.86. The number of anilines is 2. The van der Waals surface area contributed by atoms with E-state index in [1.165, 1.54) is 6.07 Å². The highest BCUT2D eigenvalue weighted by molar-refractivity contribution is 5.95. The number of amides is 1. The smallest absolute Gasteiger partial charge is 0.231 e. The first-order chi connectivity index (χ1) is 9.75. The van der Waals surface area contributed by atoms with Gasteiger partial charge >= 0.3 is 0 Å². The first-order valence-electron chi connectivity index (χ1n) is 7.29. The molecule has 0 bridgehead atoms. The number of nitrogens with zero attached hydrogens (tertiary/aromatic N) is 1. The van der Waals surface area contributed by atoms with E-state index in [1.807, 2.05) is 32.7 Å². The Kier molecular flexibility index (Phi) is 5.72. The lowest BCUT2D eigenvalue weighted by Crippen LogP contribution is -2.39. The van der Waals surface area contributed by atoms with Crippen molar-refractivity contribution in [2.24, 2.45) is 11.1 Å². The Labute approximate surface area is 126 Å². The quantitative estimate of drug-likeness (QED) is 0.848. The maximum absolute atomic E-state index is 14.2. The van der Waals surface area contributed by atoms with Gasteiger partial charge in [-0.3, -0.25) is 4.79 Å². The fourth-order valence-electron chi connectivity index (χ4n) is 1.83. The molecule has 0 spiro atoms. The zero-order valence-electron chi connectivity index (χ0n) is 13.5. The Morgan fingerprint density at radius 3 is 2.52 bits per heavy atom. The second-order valence-electron chi connectivity index (χ2n) is 5.94. The van der Waals surface area contributed by atoms with Crippen LogP contribution >= 0.6 is 0 Å². The summed E-state index contributed by atoms with van der Waals surface area (Å²) in [5, 5.41) is 2.74. The van der Waals surface area contributed by atoms with Gasteiger partial charge in [-0.15, -0.1) is 0 Å². The average molecular weight is 295 g/mol. The van der Waals surface area contributed by atoms with Gasteiger partial charge in [0, 0.05) is 25.3 Å². The molecule has 0 saturated carbocycles. The van der Waals surface area contributed by atoms with Gasteiger partial charge < -0.3 is 16.0 Å². The number of hydrogen-bond acceptors (Lipinski definition) is 3. The third-order valence-electron chi connectivity index (χ3n) is 4.14. The Hall–Kier alpha value is -1.62. The molecule has 0 aliphatic carbocycles. The first-order valence-corrected chi connectivity index (χ1v) is 7.29. The van der Waals surface area contributed by atoms with Gasteiger partial charge in [-0.05, 0) is 45.4 Å². The monoisotopic (exact) mass is 295 g/mol. The van der Waals surface area contributed by atoms with Gasteiger partial charge in [-0.25, -0.2) is 4.39 Å². The number of nitrogens with two attached hydrogens (primary N) is 1. The number of hydrogen-bond donors (Lipinski definition) is 2. The van der Waals surface area contributed by atoms with E-state index in [2.05, 4.69) is 5.32 Å². The first kappa shape index (κ1) is 17.4. The van der Waals surface area contributed by atoms with E-state index in [1.54, 1.807) is 19.1 Å². The molecule has 118 valence electrons. The summed E-state index contributed by atoms with van der Waals surface area (Å²) in [5.41, 5.74) is 5.99. The molecule has 1 aromatic rings. The van der Waals surface area contributed by atoms with Crippen LogP contribution in [0.3, 0.4) is 0 Å². The van der Waals surface area contributed by atoms with Crippen LogP contribution in [0.15, 0.2) is 18.2 Å². The van der Waals surface area contributed by atoms with E-state index < -0.39 is 5.41 Å². The zero-order chi connectivity index (χ0) is 16.2. The van der Waals surface area contributed by atoms with Crippen molar-refractivity contribution >= 4 is 17.3 Å². The molecule has 0 radical (unpaired) electrons. The van der Waals surface area contributed by atoms with Crippen molar-refractivity contribution in [1.82, 2.24) is 0 Å². The van der Waals surface area contributed by atoms with Gasteiger partial charge in [0.1, 0.15) is 5.82 Å². The predicted octanol–water partition coefficient (Wildman–Crippen LogP) is 2.98. The number of nitrogens with one attached hydrogen (secondary N) is 1. The molecule has 1 amide bonds. The van der Waals surface area contributed by atoms with Crippen LogP contribution in [0.5, 0.6) is 0 Å². The summed E-state index contributed by atoms with van der Waals surface area (Å²) in [5.74, 6) is -0.535. The van der Waals surface area contributed by atoms with Gasteiger partial charge in [0.25, 0.3) is 0 Å². The van der Waals surface area contributed by atoms with E-state index in [-0.39, 0.29) is 24.3 Å². The second-order valence-corrected chi connectivity index (χ2v) is 5.94. The molecule has 0 fully saturated rings. The number of carbonyl (C=O) groups is 1. The van der Waals surface area contributed by atoms with Crippen LogP contribution in [0.1, 0.15) is 34.1 Å². The fraction of sp³-hybridized carbons (Fsp3) is 0.562. The molecule has 1 rings (SSSR count). The second kappa shape index (κ2) is 6.89. The highest BCUT2D eigenvalue weighted by Gasteiger charge is 2.29. The standard InChI is InChI=1S/C16H26FN3O/c1-6-16(4,10-18)15(21)19-12-7-8-14(13(17)9-12)20(5)11(2)3/h7-9,11H,6,10,18H2,1-5H3,(H,19,21). The molecular formula is C16H26FN3O. The number of rotatable bonds is 6. The van der Waals surface area contributed by atoms with Crippen LogP contribution < -0.4 is 16.0 Å². The lowest BCUT2D eigenvalue weighted by molar-refractivity contribution is -0.124. The van der Waals surface area contributed by atoms with Crippen LogP contribution in [0.2, 0.25) is 0 Å². The summed E-state index contributed by atoms with van der Waals surface area (Å²) in [6, 6.07) is 4.93. The van der Waals surface area contributed by atoms with Gasteiger partial charge in [0.2, 0.25) is 5.91 Å². The van der Waals surface area contributed by atoms with Crippen molar-refractivity contribution < 1.29 is 9.18 Å². The summed E-state index contributed by atoms with van der Waals surface area (Å²) in [6.45, 7) is 7.95. The van der Waals surface area contributed by atoms with E-state index in [0.717, 1.165) is 0 Å². The molecule has 21 heavy (non-hydrogen) atoms. The normalized spacial score (nSPS) is 13.9. The van der Waals surface area contributed by atoms with Crippen molar-refractivity contribution in [2.75, 3.05) is 23.8 Å². The molecular weight excluding hydrogens is 269 g/mol. The third-order valence-corrected chi connectivity index (χ3v) is 4.14. The Morgan fingerprint density at radius 1 is 1.48 bits per heavy atom. The van der Waals surface area contributed by atoms with Crippen molar-refractivity contribution in [1.29, 1.82) is 0 Å². The van der Waals surface area contributed by atoms with Crippen LogP contribution in [0.4, 0.5) is 15.8 Å². The number of benzene rings is 1. The van der Waals surface area contributed by atoms with Crippen LogP contribution in [0, 0.1) is 11.2 Å². The fourth-order valence-corrected chi connectivity index (χ4v) is 1.83. The zero-order valence-corrected chi connectivity index (χ0v) is 13.5. The molecule has 0 aliphatic heterocycles. The molecule has 1 unspecified atom stereocenters. The van der Waals surface area contributed by atoms with Crippen LogP contribution in [0.25, 0.3) is 0 Å².